The molecule has 4 atom stereocenters. The summed E-state index contributed by atoms with van der Waals surface area (Å²) in [6.07, 6.45) is 5.99. The quantitative estimate of drug-likeness (QED) is 0.581. The number of fused-ring (bicyclic) bond motifs is 2. The number of nitrogens with zero attached hydrogens (tertiary/aromatic N) is 2. The molecule has 0 saturated carbocycles. The molecule has 4 rings (SSSR count). The van der Waals surface area contributed by atoms with Crippen molar-refractivity contribution in [1.82, 2.24) is 0 Å². The summed E-state index contributed by atoms with van der Waals surface area (Å²) in [4.78, 5) is 0. The van der Waals surface area contributed by atoms with E-state index in [-0.39, 0.29) is 17.0 Å². The molecule has 2 bridgehead atoms. The minimum Gasteiger partial charge on any atom is -1.00 e. The smallest absolute Gasteiger partial charge is 0.107 e. The van der Waals surface area contributed by atoms with Crippen LogP contribution in [0.15, 0.2) is 60.7 Å². The number of methoxy groups -OCH3 is 1. The van der Waals surface area contributed by atoms with Gasteiger partial charge >= 0.3 is 0 Å². The Bertz CT molecular complexity index is 795. The van der Waals surface area contributed by atoms with Crippen LogP contribution in [0, 0.1) is 17.2 Å². The Balaban J connectivity index is 0.00000256. The van der Waals surface area contributed by atoms with Gasteiger partial charge in [-0.15, -0.1) is 0 Å². The van der Waals surface area contributed by atoms with Crippen LogP contribution in [0.1, 0.15) is 43.2 Å². The average molecular weight is 469 g/mol. The van der Waals surface area contributed by atoms with Crippen LogP contribution in [0.5, 0.6) is 0 Å². The van der Waals surface area contributed by atoms with Crippen LogP contribution in [0.3, 0.4) is 0 Å². The molecule has 2 saturated heterocycles. The molecule has 3 nitrogen and oxygen atoms in total. The molecule has 0 amide bonds. The molecule has 0 radical (unpaired) electrons. The van der Waals surface area contributed by atoms with Crippen LogP contribution >= 0.6 is 0 Å². The van der Waals surface area contributed by atoms with Gasteiger partial charge in [-0.3, -0.25) is 0 Å². The third-order valence-corrected chi connectivity index (χ3v) is 7.81. The summed E-state index contributed by atoms with van der Waals surface area (Å²) in [7, 11) is 4.24. The Morgan fingerprint density at radius 2 is 1.47 bits per heavy atom. The van der Waals surface area contributed by atoms with Gasteiger partial charge in [0.25, 0.3) is 0 Å². The standard InChI is InChI=1S/C26H33N2O.BrH/c1-28(15-16-29-2)24-13-14-25(28)18-21(17-24)19-26(20-27,22-9-5-3-6-10-22)23-11-7-4-8-12-23;/h3-12,21,24-25H,13-19H2,1-2H3;1H/q+1;/p-1/t21-,24+,25-,28?;. The van der Waals surface area contributed by atoms with Gasteiger partial charge in [0, 0.05) is 32.8 Å². The number of halogens is 1. The third-order valence-electron chi connectivity index (χ3n) is 7.81. The first-order valence-electron chi connectivity index (χ1n) is 11.0. The highest BCUT2D eigenvalue weighted by atomic mass is 79.9. The monoisotopic (exact) mass is 468 g/mol. The first-order valence-corrected chi connectivity index (χ1v) is 11.0. The van der Waals surface area contributed by atoms with Crippen molar-refractivity contribution in [3.05, 3.63) is 71.8 Å². The molecular formula is C26H33BrN2O. The van der Waals surface area contributed by atoms with Crippen molar-refractivity contribution in [2.45, 2.75) is 49.6 Å². The Labute approximate surface area is 192 Å². The summed E-state index contributed by atoms with van der Waals surface area (Å²) < 4.78 is 6.58. The summed E-state index contributed by atoms with van der Waals surface area (Å²) >= 11 is 0. The Kier molecular flexibility index (Phi) is 7.39. The summed E-state index contributed by atoms with van der Waals surface area (Å²) in [5.41, 5.74) is 1.69. The number of quaternary nitrogens is 1. The number of hydrogen-bond donors (Lipinski definition) is 0. The first-order chi connectivity index (χ1) is 14.1. The van der Waals surface area contributed by atoms with Crippen LogP contribution < -0.4 is 17.0 Å². The van der Waals surface area contributed by atoms with E-state index in [0.29, 0.717) is 18.0 Å². The fourth-order valence-corrected chi connectivity index (χ4v) is 6.13. The third kappa shape index (κ3) is 4.08. The summed E-state index contributed by atoms with van der Waals surface area (Å²) in [5.74, 6) is 0.585. The van der Waals surface area contributed by atoms with Gasteiger partial charge in [-0.05, 0) is 23.5 Å². The van der Waals surface area contributed by atoms with Gasteiger partial charge in [0.15, 0.2) is 0 Å². The van der Waals surface area contributed by atoms with E-state index in [0.717, 1.165) is 30.7 Å². The van der Waals surface area contributed by atoms with Crippen LogP contribution in [-0.4, -0.2) is 43.9 Å². The molecule has 0 aliphatic carbocycles. The van der Waals surface area contributed by atoms with E-state index in [2.05, 4.69) is 61.6 Å². The van der Waals surface area contributed by atoms with Gasteiger partial charge in [0.1, 0.15) is 12.0 Å². The predicted molar refractivity (Wildman–Crippen MR) is 116 cm³/mol. The number of piperidine rings is 1. The normalized spacial score (nSPS) is 27.8. The largest absolute Gasteiger partial charge is 1.00 e. The second-order valence-electron chi connectivity index (χ2n) is 9.24. The van der Waals surface area contributed by atoms with Crippen LogP contribution in [0.25, 0.3) is 0 Å². The molecule has 0 aromatic heterocycles. The molecule has 2 aromatic carbocycles. The molecule has 2 fully saturated rings. The van der Waals surface area contributed by atoms with E-state index in [4.69, 9.17) is 4.74 Å². The lowest BCUT2D eigenvalue weighted by Crippen LogP contribution is -3.00. The molecule has 2 heterocycles. The fourth-order valence-electron chi connectivity index (χ4n) is 6.13. The molecule has 30 heavy (non-hydrogen) atoms. The minimum atomic E-state index is -0.570. The number of benzene rings is 2. The highest BCUT2D eigenvalue weighted by Gasteiger charge is 2.52. The zero-order valence-corrected chi connectivity index (χ0v) is 19.7. The molecule has 0 N–H and O–H groups in total. The SMILES string of the molecule is COCC[N+]1(C)[C@@H]2CC[C@H]1C[C@@H](CC(C#N)(c1ccccc1)c1ccccc1)C2.[Br-]. The number of likely N-dealkylation sites (N-methyl/N-ethyl adjacent to an activating group) is 1. The van der Waals surface area contributed by atoms with Crippen LogP contribution in [0.2, 0.25) is 0 Å². The molecule has 2 aromatic rings. The highest BCUT2D eigenvalue weighted by molar-refractivity contribution is 5.45. The molecular weight excluding hydrogens is 436 g/mol. The van der Waals surface area contributed by atoms with Gasteiger partial charge in [-0.1, -0.05) is 60.7 Å². The molecule has 160 valence electrons. The van der Waals surface area contributed by atoms with Crippen molar-refractivity contribution in [1.29, 1.82) is 5.26 Å². The second-order valence-corrected chi connectivity index (χ2v) is 9.24. The lowest BCUT2D eigenvalue weighted by molar-refractivity contribution is -0.949. The summed E-state index contributed by atoms with van der Waals surface area (Å²) in [5, 5.41) is 10.5. The maximum Gasteiger partial charge on any atom is 0.107 e. The van der Waals surface area contributed by atoms with Crippen molar-refractivity contribution in [2.24, 2.45) is 5.92 Å². The van der Waals surface area contributed by atoms with Crippen molar-refractivity contribution in [2.75, 3.05) is 27.3 Å². The van der Waals surface area contributed by atoms with E-state index in [1.165, 1.54) is 30.2 Å². The van der Waals surface area contributed by atoms with E-state index >= 15 is 0 Å². The van der Waals surface area contributed by atoms with E-state index in [1.54, 1.807) is 0 Å². The Morgan fingerprint density at radius 3 is 1.90 bits per heavy atom. The van der Waals surface area contributed by atoms with E-state index < -0.39 is 5.41 Å². The first kappa shape index (κ1) is 23.0. The van der Waals surface area contributed by atoms with Crippen molar-refractivity contribution >= 4 is 0 Å². The van der Waals surface area contributed by atoms with Crippen molar-refractivity contribution in [3.8, 4) is 6.07 Å². The molecule has 2 aliphatic heterocycles. The fraction of sp³-hybridized carbons (Fsp3) is 0.500. The average Bonchev–Trinajstić information content (AvgIpc) is 2.94. The second kappa shape index (κ2) is 9.64. The van der Waals surface area contributed by atoms with E-state index in [1.807, 2.05) is 19.2 Å². The maximum absolute atomic E-state index is 10.5. The lowest BCUT2D eigenvalue weighted by atomic mass is 9.67. The van der Waals surface area contributed by atoms with Gasteiger partial charge < -0.3 is 26.2 Å². The van der Waals surface area contributed by atoms with Gasteiger partial charge in [0.05, 0.1) is 31.8 Å². The number of rotatable bonds is 7. The van der Waals surface area contributed by atoms with Crippen LogP contribution in [-0.2, 0) is 10.2 Å². The minimum absolute atomic E-state index is 0. The van der Waals surface area contributed by atoms with Gasteiger partial charge in [-0.2, -0.15) is 5.26 Å². The van der Waals surface area contributed by atoms with Gasteiger partial charge in [0.2, 0.25) is 0 Å². The highest BCUT2D eigenvalue weighted by Crippen LogP contribution is 2.48. The zero-order valence-electron chi connectivity index (χ0n) is 18.1. The summed E-state index contributed by atoms with van der Waals surface area (Å²) in [6, 6.07) is 25.0. The summed E-state index contributed by atoms with van der Waals surface area (Å²) in [6.45, 7) is 1.95. The number of hydrogen-bond acceptors (Lipinski definition) is 2. The van der Waals surface area contributed by atoms with Gasteiger partial charge in [-0.25, -0.2) is 0 Å². The number of nitriles is 1. The number of ether oxygens (including phenoxy) is 1. The Morgan fingerprint density at radius 1 is 0.967 bits per heavy atom. The zero-order chi connectivity index (χ0) is 20.3. The predicted octanol–water partition coefficient (Wildman–Crippen LogP) is 1.92. The topological polar surface area (TPSA) is 33.0 Å². The molecule has 0 spiro atoms. The van der Waals surface area contributed by atoms with E-state index in [9.17, 15) is 5.26 Å². The van der Waals surface area contributed by atoms with Crippen molar-refractivity contribution in [3.63, 3.8) is 0 Å². The molecule has 4 heteroatoms. The molecule has 1 unspecified atom stereocenters. The van der Waals surface area contributed by atoms with Crippen molar-refractivity contribution < 1.29 is 26.2 Å². The maximum atomic E-state index is 10.5. The van der Waals surface area contributed by atoms with Crippen LogP contribution in [0.4, 0.5) is 0 Å². The Hall–Kier alpha value is -1.67. The lowest BCUT2D eigenvalue weighted by Gasteiger charge is -2.48. The molecule has 2 aliphatic rings.